The number of para-hydroxylation sites is 2. The first-order valence-corrected chi connectivity index (χ1v) is 43.7. The molecule has 0 unspecified atom stereocenters. The van der Waals surface area contributed by atoms with Gasteiger partial charge in [0.1, 0.15) is 0 Å². The minimum atomic E-state index is 0.610. The van der Waals surface area contributed by atoms with E-state index in [0.717, 1.165) is 188 Å². The first-order valence-electron chi connectivity index (χ1n) is 43.7. The first-order chi connectivity index (χ1) is 64.4. The topological polar surface area (TPSA) is 129 Å². The van der Waals surface area contributed by atoms with Crippen LogP contribution in [0.1, 0.15) is 0 Å². The van der Waals surface area contributed by atoms with Gasteiger partial charge in [-0.25, -0.2) is 44.9 Å². The molecule has 0 bridgehead atoms. The fourth-order valence-electron chi connectivity index (χ4n) is 18.2. The van der Waals surface area contributed by atoms with Crippen molar-refractivity contribution in [3.05, 3.63) is 461 Å². The van der Waals surface area contributed by atoms with E-state index >= 15 is 0 Å². The number of hydrogen-bond acceptors (Lipinski definition) is 10. The van der Waals surface area contributed by atoms with E-state index < -0.39 is 0 Å². The van der Waals surface area contributed by atoms with Crippen molar-refractivity contribution < 1.29 is 0 Å². The molecule has 0 fully saturated rings. The second-order valence-corrected chi connectivity index (χ2v) is 32.4. The van der Waals surface area contributed by atoms with Crippen LogP contribution in [0.2, 0.25) is 0 Å². The molecule has 10 heteroatoms. The lowest BCUT2D eigenvalue weighted by Gasteiger charge is -2.15. The van der Waals surface area contributed by atoms with Crippen molar-refractivity contribution in [1.82, 2.24) is 49.8 Å². The van der Waals surface area contributed by atoms with E-state index in [9.17, 15) is 0 Å². The number of hydrogen-bond donors (Lipinski definition) is 0. The molecule has 606 valence electrons. The summed E-state index contributed by atoms with van der Waals surface area (Å²) >= 11 is 0. The summed E-state index contributed by atoms with van der Waals surface area (Å²) in [6.45, 7) is 0. The molecule has 8 heterocycles. The van der Waals surface area contributed by atoms with Crippen LogP contribution in [-0.4, -0.2) is 49.8 Å². The summed E-state index contributed by atoms with van der Waals surface area (Å²) in [7, 11) is 0. The molecule has 0 radical (unpaired) electrons. The Morgan fingerprint density at radius 3 is 0.877 bits per heavy atom. The quantitative estimate of drug-likeness (QED) is 0.109. The predicted octanol–water partition coefficient (Wildman–Crippen LogP) is 30.5. The van der Waals surface area contributed by atoms with Gasteiger partial charge in [-0.15, -0.1) is 0 Å². The van der Waals surface area contributed by atoms with Crippen LogP contribution in [0.4, 0.5) is 0 Å². The predicted molar refractivity (Wildman–Crippen MR) is 538 cm³/mol. The van der Waals surface area contributed by atoms with Crippen molar-refractivity contribution in [3.63, 3.8) is 0 Å². The van der Waals surface area contributed by atoms with Crippen LogP contribution in [0.3, 0.4) is 0 Å². The fourth-order valence-corrected chi connectivity index (χ4v) is 18.2. The van der Waals surface area contributed by atoms with Gasteiger partial charge in [-0.05, 0) is 88.0 Å². The van der Waals surface area contributed by atoms with Crippen LogP contribution in [0.25, 0.3) is 244 Å². The van der Waals surface area contributed by atoms with E-state index in [4.69, 9.17) is 44.9 Å². The van der Waals surface area contributed by atoms with Gasteiger partial charge in [-0.2, -0.15) is 0 Å². The van der Waals surface area contributed by atoms with Crippen LogP contribution in [-0.2, 0) is 0 Å². The molecule has 0 saturated carbocycles. The van der Waals surface area contributed by atoms with Gasteiger partial charge in [0.15, 0.2) is 17.5 Å². The molecule has 0 saturated heterocycles. The normalized spacial score (nSPS) is 11.4. The number of fused-ring (bicyclic) bond motifs is 15. The molecule has 130 heavy (non-hydrogen) atoms. The summed E-state index contributed by atoms with van der Waals surface area (Å²) in [5.74, 6) is 1.88. The second-order valence-electron chi connectivity index (χ2n) is 32.4. The Labute approximate surface area is 749 Å². The van der Waals surface area contributed by atoms with Gasteiger partial charge < -0.3 is 0 Å². The molecule has 10 nitrogen and oxygen atoms in total. The second kappa shape index (κ2) is 33.8. The van der Waals surface area contributed by atoms with E-state index in [-0.39, 0.29) is 0 Å². The summed E-state index contributed by atoms with van der Waals surface area (Å²) in [6.07, 6.45) is 1.83. The van der Waals surface area contributed by atoms with Crippen LogP contribution in [0.5, 0.6) is 0 Å². The van der Waals surface area contributed by atoms with Crippen LogP contribution in [0.15, 0.2) is 461 Å². The average molecular weight is 1660 g/mol. The van der Waals surface area contributed by atoms with Gasteiger partial charge in [0.05, 0.1) is 72.8 Å². The molecule has 8 aromatic heterocycles. The van der Waals surface area contributed by atoms with E-state index in [1.807, 2.05) is 109 Å². The molecule has 25 rings (SSSR count). The highest BCUT2D eigenvalue weighted by atomic mass is 15.0. The highest BCUT2D eigenvalue weighted by Gasteiger charge is 2.22. The molecule has 0 aliphatic rings. The summed E-state index contributed by atoms with van der Waals surface area (Å²) in [5, 5.41) is 14.7. The summed E-state index contributed by atoms with van der Waals surface area (Å²) in [4.78, 5) is 50.4. The third-order valence-electron chi connectivity index (χ3n) is 24.4. The maximum absolute atomic E-state index is 5.28. The molecule has 0 aliphatic carbocycles. The number of rotatable bonds is 12. The van der Waals surface area contributed by atoms with E-state index in [1.54, 1.807) is 0 Å². The minimum Gasteiger partial charge on any atom is -0.254 e. The molecule has 25 aromatic rings. The van der Waals surface area contributed by atoms with Crippen LogP contribution >= 0.6 is 0 Å². The Morgan fingerprint density at radius 1 is 0.146 bits per heavy atom. The largest absolute Gasteiger partial charge is 0.254 e. The van der Waals surface area contributed by atoms with Crippen molar-refractivity contribution in [2.45, 2.75) is 0 Å². The number of benzene rings is 17. The molecule has 0 N–H and O–H groups in total. The third-order valence-corrected chi connectivity index (χ3v) is 24.4. The fraction of sp³-hybridized carbons (Fsp3) is 0. The highest BCUT2D eigenvalue weighted by Crippen LogP contribution is 2.45. The van der Waals surface area contributed by atoms with E-state index in [2.05, 4.69) is 357 Å². The molecule has 0 amide bonds. The lowest BCUT2D eigenvalue weighted by molar-refractivity contribution is 1.07. The number of nitrogens with zero attached hydrogens (tertiary/aromatic N) is 10. The molecule has 0 aliphatic heterocycles. The Hall–Kier alpha value is -17.6. The van der Waals surface area contributed by atoms with Crippen LogP contribution in [0, 0.1) is 0 Å². The Kier molecular flexibility index (Phi) is 20.1. The number of pyridine rings is 7. The monoisotopic (exact) mass is 1660 g/mol. The van der Waals surface area contributed by atoms with E-state index in [0.29, 0.717) is 17.5 Å². The lowest BCUT2D eigenvalue weighted by Crippen LogP contribution is -2.00. The third kappa shape index (κ3) is 14.7. The van der Waals surface area contributed by atoms with Gasteiger partial charge in [0.25, 0.3) is 0 Å². The smallest absolute Gasteiger partial charge is 0.164 e. The van der Waals surface area contributed by atoms with E-state index in [1.165, 1.54) is 38.4 Å². The zero-order valence-electron chi connectivity index (χ0n) is 70.4. The molecule has 17 aromatic carbocycles. The van der Waals surface area contributed by atoms with Gasteiger partial charge in [0.2, 0.25) is 0 Å². The zero-order chi connectivity index (χ0) is 86.2. The standard InChI is InChI=1S/C43H27N3.C40H26N4.C37H23N3/c1-3-11-28(12-4-1)37-25-23-30-21-22-31-24-26-38(45-43(31)42(30)44-37)33-16-9-15-32(27-33)34-18-10-19-36-40(34)35-17-7-8-20-39(35)46-41(36)29-13-5-2-6-14-29;1-5-14-27(15-6-1)32-22-13-23-34-36(32)33-25-24-31(26-35(33)41-37(34)28-16-7-2-8-17-28)40-43-38(29-18-9-3-10-19-29)42-39(44-40)30-20-11-4-12-21-30;1-2-9-24(10-3-1)35-31-16-7-15-29(34(31)30-14-4-5-17-33(30)40-35)27-11-6-12-28(23-27)32-21-20-26-19-18-25-13-8-22-38-36(25)37(26)39-32/h1-27H;1-26H;1-23H. The lowest BCUT2D eigenvalue weighted by atomic mass is 9.92. The van der Waals surface area contributed by atoms with Crippen molar-refractivity contribution >= 4 is 109 Å². The van der Waals surface area contributed by atoms with Gasteiger partial charge in [-0.1, -0.05) is 400 Å². The van der Waals surface area contributed by atoms with Gasteiger partial charge in [-0.3, -0.25) is 4.98 Å². The van der Waals surface area contributed by atoms with Crippen LogP contribution < -0.4 is 0 Å². The SMILES string of the molecule is c1ccc(-c2ccc3ccc4ccc(-c5cccc(-c6cccc7c(-c8ccccc8)nc8ccccc8c67)c5)nc4c3n2)cc1.c1ccc(-c2nc(-c3ccccc3)nc(-c3ccc4c(c3)nc(-c3ccccc3)c3cccc(-c5ccccc5)c34)n2)cc1.c1ccc(-c2nc3ccccc3c3c(-c4cccc(-c5ccc6ccc7cccnc7c6n5)c4)cccc23)cc1. The van der Waals surface area contributed by atoms with Crippen molar-refractivity contribution in [2.24, 2.45) is 0 Å². The van der Waals surface area contributed by atoms with Gasteiger partial charge in [0, 0.05) is 126 Å². The van der Waals surface area contributed by atoms with Crippen molar-refractivity contribution in [3.8, 4) is 135 Å². The zero-order valence-corrected chi connectivity index (χ0v) is 70.4. The Balaban J connectivity index is 0.000000111. The summed E-state index contributed by atoms with van der Waals surface area (Å²) in [6, 6.07) is 158. The summed E-state index contributed by atoms with van der Waals surface area (Å²) in [5.41, 5.74) is 28.6. The highest BCUT2D eigenvalue weighted by molar-refractivity contribution is 6.20. The maximum Gasteiger partial charge on any atom is 0.164 e. The van der Waals surface area contributed by atoms with Gasteiger partial charge >= 0.3 is 0 Å². The Bertz CT molecular complexity index is 8590. The molecule has 0 atom stereocenters. The number of aromatic nitrogens is 10. The van der Waals surface area contributed by atoms with Crippen molar-refractivity contribution in [2.75, 3.05) is 0 Å². The first kappa shape index (κ1) is 77.2. The molecule has 0 spiro atoms. The average Bonchev–Trinajstić information content (AvgIpc) is 0.762. The minimum absolute atomic E-state index is 0.610. The molecular formula is C120H76N10. The Morgan fingerprint density at radius 2 is 0.446 bits per heavy atom. The van der Waals surface area contributed by atoms with Crippen molar-refractivity contribution in [1.29, 1.82) is 0 Å². The molecular weight excluding hydrogens is 1580 g/mol. The summed E-state index contributed by atoms with van der Waals surface area (Å²) < 4.78 is 0. The maximum atomic E-state index is 5.28.